The summed E-state index contributed by atoms with van der Waals surface area (Å²) in [6.07, 6.45) is 4.65. The Bertz CT molecular complexity index is 1050. The zero-order valence-electron chi connectivity index (χ0n) is 20.2. The fourth-order valence-corrected chi connectivity index (χ4v) is 4.70. The van der Waals surface area contributed by atoms with Crippen LogP contribution in [0.15, 0.2) is 72.9 Å². The Morgan fingerprint density at radius 3 is 2.29 bits per heavy atom. The molecule has 34 heavy (non-hydrogen) atoms. The average Bonchev–Trinajstić information content (AvgIpc) is 3.09. The highest BCUT2D eigenvalue weighted by Crippen LogP contribution is 2.35. The summed E-state index contributed by atoms with van der Waals surface area (Å²) in [5, 5.41) is 0. The van der Waals surface area contributed by atoms with Crippen LogP contribution in [0.2, 0.25) is 0 Å². The molecule has 5 nitrogen and oxygen atoms in total. The van der Waals surface area contributed by atoms with Crippen molar-refractivity contribution in [3.63, 3.8) is 0 Å². The van der Waals surface area contributed by atoms with Crippen LogP contribution in [0.3, 0.4) is 0 Å². The first-order chi connectivity index (χ1) is 16.5. The van der Waals surface area contributed by atoms with Crippen LogP contribution >= 0.6 is 0 Å². The molecule has 2 aromatic carbocycles. The molecule has 2 amide bonds. The molecule has 2 heterocycles. The van der Waals surface area contributed by atoms with E-state index in [9.17, 15) is 9.59 Å². The fourth-order valence-electron chi connectivity index (χ4n) is 4.70. The maximum Gasteiger partial charge on any atom is 0.278 e. The lowest BCUT2D eigenvalue weighted by molar-refractivity contribution is -0.137. The largest absolute Gasteiger partial charge is 0.493 e. The molecule has 5 heteroatoms. The van der Waals surface area contributed by atoms with Crippen LogP contribution in [-0.2, 0) is 16.0 Å². The number of hydrogen-bond donors (Lipinski definition) is 0. The van der Waals surface area contributed by atoms with Crippen LogP contribution < -0.4 is 4.74 Å². The van der Waals surface area contributed by atoms with E-state index in [0.29, 0.717) is 29.7 Å². The number of imide groups is 1. The minimum absolute atomic E-state index is 0.213. The van der Waals surface area contributed by atoms with Gasteiger partial charge in [-0.25, -0.2) is 0 Å². The molecule has 0 saturated carbocycles. The van der Waals surface area contributed by atoms with E-state index in [4.69, 9.17) is 4.74 Å². The van der Waals surface area contributed by atoms with E-state index in [-0.39, 0.29) is 18.4 Å². The van der Waals surface area contributed by atoms with Gasteiger partial charge in [0.1, 0.15) is 11.4 Å². The van der Waals surface area contributed by atoms with Gasteiger partial charge in [0.05, 0.1) is 12.2 Å². The average molecular weight is 459 g/mol. The van der Waals surface area contributed by atoms with Crippen molar-refractivity contribution < 1.29 is 14.3 Å². The van der Waals surface area contributed by atoms with E-state index >= 15 is 0 Å². The molecule has 0 atom stereocenters. The van der Waals surface area contributed by atoms with Crippen LogP contribution in [0.4, 0.5) is 0 Å². The molecule has 178 valence electrons. The molecule has 0 radical (unpaired) electrons. The number of piperidine rings is 1. The van der Waals surface area contributed by atoms with Crippen LogP contribution in [-0.4, -0.2) is 47.9 Å². The van der Waals surface area contributed by atoms with Crippen LogP contribution in [0.1, 0.15) is 37.8 Å². The first-order valence-corrected chi connectivity index (χ1v) is 12.2. The van der Waals surface area contributed by atoms with Crippen LogP contribution in [0.5, 0.6) is 5.75 Å². The summed E-state index contributed by atoms with van der Waals surface area (Å²) in [5.74, 6) is 1.31. The molecule has 0 aliphatic carbocycles. The minimum atomic E-state index is -0.248. The molecule has 0 spiro atoms. The van der Waals surface area contributed by atoms with Crippen molar-refractivity contribution in [2.75, 3.05) is 26.2 Å². The fraction of sp³-hybridized carbons (Fsp3) is 0.379. The quantitative estimate of drug-likeness (QED) is 0.394. The zero-order chi connectivity index (χ0) is 24.1. The highest BCUT2D eigenvalue weighted by molar-refractivity contribution is 6.35. The Labute approximate surface area is 202 Å². The number of nitrogens with zero attached hydrogens (tertiary/aromatic N) is 2. The highest BCUT2D eigenvalue weighted by atomic mass is 16.5. The predicted octanol–water partition coefficient (Wildman–Crippen LogP) is 4.94. The lowest BCUT2D eigenvalue weighted by atomic mass is 9.89. The highest BCUT2D eigenvalue weighted by Gasteiger charge is 2.41. The van der Waals surface area contributed by atoms with Gasteiger partial charge in [0.15, 0.2) is 0 Å². The minimum Gasteiger partial charge on any atom is -0.493 e. The molecule has 0 unspecified atom stereocenters. The maximum absolute atomic E-state index is 13.3. The van der Waals surface area contributed by atoms with Gasteiger partial charge in [-0.2, -0.15) is 0 Å². The van der Waals surface area contributed by atoms with Crippen LogP contribution in [0.25, 0.3) is 5.57 Å². The van der Waals surface area contributed by atoms with Crippen molar-refractivity contribution in [2.45, 2.75) is 33.1 Å². The molecule has 2 aliphatic rings. The number of ether oxygens (including phenoxy) is 1. The van der Waals surface area contributed by atoms with E-state index in [2.05, 4.69) is 49.6 Å². The van der Waals surface area contributed by atoms with Gasteiger partial charge < -0.3 is 9.64 Å². The normalized spacial score (nSPS) is 17.1. The summed E-state index contributed by atoms with van der Waals surface area (Å²) in [6.45, 7) is 10.3. The van der Waals surface area contributed by atoms with Gasteiger partial charge in [-0.1, -0.05) is 62.4 Å². The number of benzene rings is 2. The third-order valence-electron chi connectivity index (χ3n) is 6.48. The zero-order valence-corrected chi connectivity index (χ0v) is 20.2. The molecular formula is C29H34N2O3. The summed E-state index contributed by atoms with van der Waals surface area (Å²) in [6, 6.07) is 18.1. The molecule has 0 aromatic heterocycles. The first kappa shape index (κ1) is 23.8. The van der Waals surface area contributed by atoms with Crippen LogP contribution in [0, 0.1) is 11.8 Å². The maximum atomic E-state index is 13.3. The van der Waals surface area contributed by atoms with E-state index in [1.165, 1.54) is 10.5 Å². The topological polar surface area (TPSA) is 49.9 Å². The van der Waals surface area contributed by atoms with Crippen molar-refractivity contribution in [1.82, 2.24) is 9.80 Å². The number of amides is 2. The number of likely N-dealkylation sites (tertiary alicyclic amines) is 1. The van der Waals surface area contributed by atoms with Gasteiger partial charge in [-0.05, 0) is 54.4 Å². The smallest absolute Gasteiger partial charge is 0.278 e. The van der Waals surface area contributed by atoms with Crippen molar-refractivity contribution in [3.05, 3.63) is 84.1 Å². The molecule has 0 N–H and O–H groups in total. The summed E-state index contributed by atoms with van der Waals surface area (Å²) < 4.78 is 5.79. The van der Waals surface area contributed by atoms with Gasteiger partial charge in [-0.15, -0.1) is 6.58 Å². The Hall–Kier alpha value is -3.34. The Balaban J connectivity index is 1.55. The Morgan fingerprint density at radius 2 is 1.68 bits per heavy atom. The van der Waals surface area contributed by atoms with Crippen molar-refractivity contribution in [3.8, 4) is 5.75 Å². The third-order valence-corrected chi connectivity index (χ3v) is 6.48. The summed E-state index contributed by atoms with van der Waals surface area (Å²) in [4.78, 5) is 30.1. The molecule has 1 saturated heterocycles. The molecule has 1 fully saturated rings. The lowest BCUT2D eigenvalue weighted by Crippen LogP contribution is -2.39. The first-order valence-electron chi connectivity index (χ1n) is 12.2. The van der Waals surface area contributed by atoms with Crippen molar-refractivity contribution in [1.29, 1.82) is 0 Å². The van der Waals surface area contributed by atoms with Gasteiger partial charge in [0, 0.05) is 19.6 Å². The lowest BCUT2D eigenvalue weighted by Gasteiger charge is -2.34. The van der Waals surface area contributed by atoms with Gasteiger partial charge in [-0.3, -0.25) is 14.5 Å². The molecule has 4 rings (SSSR count). The number of hydrogen-bond acceptors (Lipinski definition) is 4. The van der Waals surface area contributed by atoms with Crippen molar-refractivity contribution >= 4 is 17.4 Å². The van der Waals surface area contributed by atoms with Gasteiger partial charge >= 0.3 is 0 Å². The van der Waals surface area contributed by atoms with Gasteiger partial charge in [0.25, 0.3) is 11.8 Å². The summed E-state index contributed by atoms with van der Waals surface area (Å²) in [7, 11) is 0. The number of carbonyl (C=O) groups is 2. The SMILES string of the molecule is C=CCN1C(=O)C(c2ccc(OCC(C)C)cc2)=C(N2CCC(Cc3ccccc3)CC2)C1=O. The summed E-state index contributed by atoms with van der Waals surface area (Å²) in [5.41, 5.74) is 3.12. The third kappa shape index (κ3) is 5.24. The second kappa shape index (κ2) is 10.7. The van der Waals surface area contributed by atoms with E-state index in [1.54, 1.807) is 6.08 Å². The number of rotatable bonds is 9. The number of carbonyl (C=O) groups excluding carboxylic acids is 2. The second-order valence-electron chi connectivity index (χ2n) is 9.58. The monoisotopic (exact) mass is 458 g/mol. The standard InChI is InChI=1S/C29H34N2O3/c1-4-16-31-28(32)26(24-10-12-25(13-11-24)34-20-21(2)3)27(29(31)33)30-17-14-23(15-18-30)19-22-8-6-5-7-9-22/h4-13,21,23H,1,14-20H2,2-3H3. The Kier molecular flexibility index (Phi) is 7.51. The molecular weight excluding hydrogens is 424 g/mol. The second-order valence-corrected chi connectivity index (χ2v) is 9.58. The predicted molar refractivity (Wildman–Crippen MR) is 135 cm³/mol. The molecule has 2 aliphatic heterocycles. The Morgan fingerprint density at radius 1 is 1.00 bits per heavy atom. The van der Waals surface area contributed by atoms with Crippen molar-refractivity contribution in [2.24, 2.45) is 11.8 Å². The summed E-state index contributed by atoms with van der Waals surface area (Å²) >= 11 is 0. The van der Waals surface area contributed by atoms with E-state index < -0.39 is 0 Å². The molecule has 0 bridgehead atoms. The van der Waals surface area contributed by atoms with Gasteiger partial charge in [0.2, 0.25) is 0 Å². The van der Waals surface area contributed by atoms with E-state index in [1.807, 2.05) is 30.3 Å². The van der Waals surface area contributed by atoms with E-state index in [0.717, 1.165) is 43.7 Å². The molecule has 2 aromatic rings.